The second-order valence-corrected chi connectivity index (χ2v) is 13.0. The average Bonchev–Trinajstić information content (AvgIpc) is 3.45. The van der Waals surface area contributed by atoms with Crippen LogP contribution >= 0.6 is 27.3 Å². The fraction of sp³-hybridized carbons (Fsp3) is 0.184. The molecule has 0 aliphatic carbocycles. The standard InChI is InChI=1S/C38H32BrN3O8S/c1-4-48-28-17-13-26(14-18-28)34-32(37(44)49-5-2)33(25-9-7-6-8-10-25)40-38-41(34)36(43)31(51-38)21-24-19-29(39)35(30(20-24)47-3)50-22-23-11-15-27(16-12-23)42(45)46/h6-21,34H,4-5,22H2,1-3H3/b31-21-/t34-/m0/s1. The van der Waals surface area contributed by atoms with E-state index in [1.165, 1.54) is 30.6 Å². The number of nitro groups is 1. The SMILES string of the molecule is CCOC(=O)C1=C(c2ccccc2)N=c2s/c(=C\c3cc(Br)c(OCc4ccc([N+](=O)[O-])cc4)c(OC)c3)c(=O)n2[C@H]1c1ccc(OCC)cc1. The lowest BCUT2D eigenvalue weighted by Crippen LogP contribution is -2.40. The summed E-state index contributed by atoms with van der Waals surface area (Å²) in [4.78, 5) is 44.0. The van der Waals surface area contributed by atoms with Gasteiger partial charge in [0, 0.05) is 17.7 Å². The number of esters is 1. The summed E-state index contributed by atoms with van der Waals surface area (Å²) < 4.78 is 25.4. The van der Waals surface area contributed by atoms with Crippen molar-refractivity contribution in [2.75, 3.05) is 20.3 Å². The summed E-state index contributed by atoms with van der Waals surface area (Å²) >= 11 is 4.79. The fourth-order valence-electron chi connectivity index (χ4n) is 5.65. The number of fused-ring (bicyclic) bond motifs is 1. The Kier molecular flexibility index (Phi) is 10.8. The van der Waals surface area contributed by atoms with Crippen LogP contribution in [-0.4, -0.2) is 35.8 Å². The van der Waals surface area contributed by atoms with Gasteiger partial charge in [-0.15, -0.1) is 0 Å². The normalized spacial score (nSPS) is 14.0. The van der Waals surface area contributed by atoms with E-state index in [9.17, 15) is 19.7 Å². The number of methoxy groups -OCH3 is 1. The van der Waals surface area contributed by atoms with Crippen LogP contribution in [0.4, 0.5) is 5.69 Å². The molecular weight excluding hydrogens is 738 g/mol. The Balaban J connectivity index is 1.45. The molecule has 0 saturated heterocycles. The summed E-state index contributed by atoms with van der Waals surface area (Å²) in [5, 5.41) is 11.0. The maximum absolute atomic E-state index is 14.3. The Hall–Kier alpha value is -5.53. The van der Waals surface area contributed by atoms with Crippen molar-refractivity contribution in [3.8, 4) is 17.2 Å². The van der Waals surface area contributed by atoms with Crippen molar-refractivity contribution in [1.29, 1.82) is 0 Å². The molecule has 13 heteroatoms. The molecule has 1 atom stereocenters. The molecule has 4 aromatic carbocycles. The molecule has 0 spiro atoms. The molecule has 260 valence electrons. The lowest BCUT2D eigenvalue weighted by atomic mass is 9.93. The molecule has 0 fully saturated rings. The van der Waals surface area contributed by atoms with Gasteiger partial charge in [0.25, 0.3) is 11.2 Å². The minimum absolute atomic E-state index is 0.00801. The van der Waals surface area contributed by atoms with E-state index in [0.717, 1.165) is 5.56 Å². The predicted octanol–water partition coefficient (Wildman–Crippen LogP) is 6.59. The highest BCUT2D eigenvalue weighted by Crippen LogP contribution is 2.38. The first-order valence-corrected chi connectivity index (χ1v) is 17.6. The van der Waals surface area contributed by atoms with Gasteiger partial charge in [-0.3, -0.25) is 19.5 Å². The second-order valence-electron chi connectivity index (χ2n) is 11.2. The van der Waals surface area contributed by atoms with E-state index in [4.69, 9.17) is 23.9 Å². The molecule has 1 aliphatic heterocycles. The van der Waals surface area contributed by atoms with Crippen molar-refractivity contribution in [3.05, 3.63) is 153 Å². The Morgan fingerprint density at radius 2 is 1.73 bits per heavy atom. The highest BCUT2D eigenvalue weighted by atomic mass is 79.9. The molecule has 1 aliphatic rings. The Labute approximate surface area is 305 Å². The molecule has 6 rings (SSSR count). The number of ether oxygens (including phenoxy) is 4. The van der Waals surface area contributed by atoms with E-state index in [1.54, 1.807) is 41.8 Å². The first kappa shape index (κ1) is 35.3. The first-order chi connectivity index (χ1) is 24.7. The summed E-state index contributed by atoms with van der Waals surface area (Å²) in [6, 6.07) is 25.5. The number of hydrogen-bond acceptors (Lipinski definition) is 10. The van der Waals surface area contributed by atoms with Crippen molar-refractivity contribution in [3.63, 3.8) is 0 Å². The number of halogens is 1. The Bertz CT molecular complexity index is 2300. The Morgan fingerprint density at radius 3 is 2.37 bits per heavy atom. The minimum atomic E-state index is -0.829. The highest BCUT2D eigenvalue weighted by molar-refractivity contribution is 9.10. The van der Waals surface area contributed by atoms with Crippen molar-refractivity contribution in [2.45, 2.75) is 26.5 Å². The molecule has 51 heavy (non-hydrogen) atoms. The van der Waals surface area contributed by atoms with Crippen molar-refractivity contribution in [2.24, 2.45) is 4.99 Å². The molecule has 0 bridgehead atoms. The van der Waals surface area contributed by atoms with E-state index in [2.05, 4.69) is 15.9 Å². The van der Waals surface area contributed by atoms with Gasteiger partial charge in [-0.1, -0.05) is 53.8 Å². The van der Waals surface area contributed by atoms with Crippen LogP contribution in [0.15, 0.2) is 111 Å². The zero-order valence-electron chi connectivity index (χ0n) is 27.8. The van der Waals surface area contributed by atoms with Crippen molar-refractivity contribution >= 4 is 50.7 Å². The van der Waals surface area contributed by atoms with Gasteiger partial charge in [0.2, 0.25) is 0 Å². The molecule has 5 aromatic rings. The van der Waals surface area contributed by atoms with Gasteiger partial charge in [0.05, 0.1) is 51.6 Å². The fourth-order valence-corrected chi connectivity index (χ4v) is 7.23. The molecule has 0 radical (unpaired) electrons. The number of carbonyl (C=O) groups excluding carboxylic acids is 1. The van der Waals surface area contributed by atoms with Gasteiger partial charge in [-0.05, 0) is 88.9 Å². The zero-order chi connectivity index (χ0) is 36.1. The number of thiazole rings is 1. The zero-order valence-corrected chi connectivity index (χ0v) is 30.2. The van der Waals surface area contributed by atoms with Crippen LogP contribution in [0.3, 0.4) is 0 Å². The number of rotatable bonds is 12. The number of non-ortho nitro benzene ring substituents is 1. The molecule has 0 saturated carbocycles. The third-order valence-electron chi connectivity index (χ3n) is 7.96. The third kappa shape index (κ3) is 7.49. The van der Waals surface area contributed by atoms with Crippen LogP contribution in [0.2, 0.25) is 0 Å². The maximum Gasteiger partial charge on any atom is 0.338 e. The lowest BCUT2D eigenvalue weighted by molar-refractivity contribution is -0.384. The monoisotopic (exact) mass is 769 g/mol. The van der Waals surface area contributed by atoms with E-state index in [0.29, 0.717) is 60.0 Å². The van der Waals surface area contributed by atoms with Crippen LogP contribution in [0, 0.1) is 10.1 Å². The summed E-state index contributed by atoms with van der Waals surface area (Å²) in [6.07, 6.45) is 1.74. The van der Waals surface area contributed by atoms with Gasteiger partial charge in [0.1, 0.15) is 12.4 Å². The van der Waals surface area contributed by atoms with Crippen LogP contribution in [0.1, 0.15) is 42.1 Å². The summed E-state index contributed by atoms with van der Waals surface area (Å²) in [5.74, 6) is 0.939. The third-order valence-corrected chi connectivity index (χ3v) is 9.53. The molecule has 0 amide bonds. The van der Waals surface area contributed by atoms with Gasteiger partial charge < -0.3 is 18.9 Å². The molecule has 2 heterocycles. The predicted molar refractivity (Wildman–Crippen MR) is 197 cm³/mol. The smallest absolute Gasteiger partial charge is 0.338 e. The number of aromatic nitrogens is 1. The molecule has 11 nitrogen and oxygen atoms in total. The molecule has 1 aromatic heterocycles. The van der Waals surface area contributed by atoms with Crippen LogP contribution in [0.5, 0.6) is 17.2 Å². The summed E-state index contributed by atoms with van der Waals surface area (Å²) in [5.41, 5.74) is 3.14. The number of nitrogens with zero attached hydrogens (tertiary/aromatic N) is 3. The second kappa shape index (κ2) is 15.6. The highest BCUT2D eigenvalue weighted by Gasteiger charge is 2.35. The van der Waals surface area contributed by atoms with Crippen molar-refractivity contribution < 1.29 is 28.7 Å². The minimum Gasteiger partial charge on any atom is -0.494 e. The van der Waals surface area contributed by atoms with Gasteiger partial charge in [-0.2, -0.15) is 0 Å². The molecule has 0 unspecified atom stereocenters. The topological polar surface area (TPSA) is 131 Å². The van der Waals surface area contributed by atoms with Gasteiger partial charge >= 0.3 is 5.97 Å². The molecule has 0 N–H and O–H groups in total. The number of hydrogen-bond donors (Lipinski definition) is 0. The largest absolute Gasteiger partial charge is 0.494 e. The van der Waals surface area contributed by atoms with E-state index >= 15 is 0 Å². The van der Waals surface area contributed by atoms with E-state index in [-0.39, 0.29) is 30.0 Å². The van der Waals surface area contributed by atoms with E-state index in [1.807, 2.05) is 61.5 Å². The quantitative estimate of drug-likeness (QED) is 0.0789. The maximum atomic E-state index is 14.3. The lowest BCUT2D eigenvalue weighted by Gasteiger charge is -2.26. The summed E-state index contributed by atoms with van der Waals surface area (Å²) in [7, 11) is 1.51. The van der Waals surface area contributed by atoms with Crippen LogP contribution in [-0.2, 0) is 16.1 Å². The number of nitro benzene ring substituents is 1. The Morgan fingerprint density at radius 1 is 1.00 bits per heavy atom. The molecular formula is C38H32BrN3O8S. The van der Waals surface area contributed by atoms with Crippen LogP contribution < -0.4 is 29.1 Å². The first-order valence-electron chi connectivity index (χ1n) is 16.0. The summed E-state index contributed by atoms with van der Waals surface area (Å²) in [6.45, 7) is 4.42. The van der Waals surface area contributed by atoms with Crippen molar-refractivity contribution in [1.82, 2.24) is 4.57 Å². The van der Waals surface area contributed by atoms with Crippen LogP contribution in [0.25, 0.3) is 11.8 Å². The average molecular weight is 771 g/mol. The number of carbonyl (C=O) groups is 1. The van der Waals surface area contributed by atoms with E-state index < -0.39 is 16.9 Å². The number of benzene rings is 4. The van der Waals surface area contributed by atoms with Gasteiger partial charge in [-0.25, -0.2) is 9.79 Å². The van der Waals surface area contributed by atoms with Gasteiger partial charge in [0.15, 0.2) is 16.3 Å².